The number of carbonyl (C=O) groups excluding carboxylic acids is 1. The van der Waals surface area contributed by atoms with E-state index in [2.05, 4.69) is 27.7 Å². The van der Waals surface area contributed by atoms with Crippen LogP contribution in [-0.2, 0) is 11.2 Å². The van der Waals surface area contributed by atoms with Gasteiger partial charge in [0, 0.05) is 13.0 Å². The van der Waals surface area contributed by atoms with Crippen molar-refractivity contribution in [3.05, 3.63) is 11.7 Å². The molecule has 1 saturated heterocycles. The molecule has 1 aromatic rings. The van der Waals surface area contributed by atoms with Crippen molar-refractivity contribution in [2.45, 2.75) is 32.7 Å². The molecule has 1 aliphatic heterocycles. The normalized spacial score (nSPS) is 23.9. The Hall–Kier alpha value is -1.43. The van der Waals surface area contributed by atoms with Crippen molar-refractivity contribution in [2.24, 2.45) is 5.92 Å². The predicted octanol–water partition coefficient (Wildman–Crippen LogP) is 0.0347. The quantitative estimate of drug-likeness (QED) is 0.774. The molecule has 6 nitrogen and oxygen atoms in total. The first-order chi connectivity index (χ1) is 8.16. The number of carbonyl (C=O) groups is 1. The molecule has 2 N–H and O–H groups in total. The Labute approximate surface area is 100 Å². The highest BCUT2D eigenvalue weighted by atomic mass is 16.5. The lowest BCUT2D eigenvalue weighted by Crippen LogP contribution is -2.43. The summed E-state index contributed by atoms with van der Waals surface area (Å²) in [6.45, 7) is 5.31. The van der Waals surface area contributed by atoms with E-state index in [4.69, 9.17) is 4.52 Å². The Bertz CT molecular complexity index is 391. The van der Waals surface area contributed by atoms with Gasteiger partial charge in [0.05, 0.1) is 6.04 Å². The smallest absolute Gasteiger partial charge is 0.237 e. The van der Waals surface area contributed by atoms with Gasteiger partial charge in [-0.15, -0.1) is 0 Å². The van der Waals surface area contributed by atoms with Crippen LogP contribution in [0.3, 0.4) is 0 Å². The molecule has 0 bridgehead atoms. The minimum atomic E-state index is -0.0561. The first-order valence-electron chi connectivity index (χ1n) is 5.97. The predicted molar refractivity (Wildman–Crippen MR) is 61.3 cm³/mol. The van der Waals surface area contributed by atoms with Crippen LogP contribution >= 0.6 is 0 Å². The number of nitrogens with zero attached hydrogens (tertiary/aromatic N) is 2. The standard InChI is InChI=1S/C11H18N4O2/c1-7-3-5-12-10(7)11(16)13-6-4-9-14-8(2)15-17-9/h7,10,12H,3-6H2,1-2H3,(H,13,16). The van der Waals surface area contributed by atoms with E-state index in [-0.39, 0.29) is 11.9 Å². The van der Waals surface area contributed by atoms with Gasteiger partial charge in [0.25, 0.3) is 0 Å². The molecule has 6 heteroatoms. The summed E-state index contributed by atoms with van der Waals surface area (Å²) < 4.78 is 4.96. The summed E-state index contributed by atoms with van der Waals surface area (Å²) >= 11 is 0. The lowest BCUT2D eigenvalue weighted by molar-refractivity contribution is -0.123. The Balaban J connectivity index is 1.73. The number of hydrogen-bond acceptors (Lipinski definition) is 5. The van der Waals surface area contributed by atoms with Gasteiger partial charge >= 0.3 is 0 Å². The first-order valence-corrected chi connectivity index (χ1v) is 5.97. The molecule has 2 rings (SSSR count). The maximum absolute atomic E-state index is 11.8. The van der Waals surface area contributed by atoms with Crippen LogP contribution < -0.4 is 10.6 Å². The van der Waals surface area contributed by atoms with Crippen molar-refractivity contribution in [1.29, 1.82) is 0 Å². The van der Waals surface area contributed by atoms with Crippen LogP contribution in [0.15, 0.2) is 4.52 Å². The van der Waals surface area contributed by atoms with Crippen molar-refractivity contribution in [3.8, 4) is 0 Å². The van der Waals surface area contributed by atoms with Gasteiger partial charge in [0.2, 0.25) is 11.8 Å². The molecule has 94 valence electrons. The van der Waals surface area contributed by atoms with Crippen molar-refractivity contribution < 1.29 is 9.32 Å². The number of nitrogens with one attached hydrogen (secondary N) is 2. The fourth-order valence-corrected chi connectivity index (χ4v) is 2.03. The van der Waals surface area contributed by atoms with Crippen molar-refractivity contribution in [3.63, 3.8) is 0 Å². The van der Waals surface area contributed by atoms with E-state index in [0.717, 1.165) is 13.0 Å². The molecule has 1 aliphatic rings. The van der Waals surface area contributed by atoms with Crippen LogP contribution in [0.5, 0.6) is 0 Å². The summed E-state index contributed by atoms with van der Waals surface area (Å²) in [6, 6.07) is -0.0561. The molecule has 2 atom stereocenters. The van der Waals surface area contributed by atoms with Crippen LogP contribution in [0.2, 0.25) is 0 Å². The average Bonchev–Trinajstić information content (AvgIpc) is 2.87. The van der Waals surface area contributed by atoms with Gasteiger partial charge in [0.15, 0.2) is 5.82 Å². The maximum Gasteiger partial charge on any atom is 0.237 e. The fraction of sp³-hybridized carbons (Fsp3) is 0.727. The average molecular weight is 238 g/mol. The van der Waals surface area contributed by atoms with Crippen LogP contribution in [0, 0.1) is 12.8 Å². The summed E-state index contributed by atoms with van der Waals surface area (Å²) in [4.78, 5) is 15.9. The number of amides is 1. The molecule has 0 spiro atoms. The highest BCUT2D eigenvalue weighted by Gasteiger charge is 2.28. The van der Waals surface area contributed by atoms with E-state index in [1.165, 1.54) is 0 Å². The van der Waals surface area contributed by atoms with Gasteiger partial charge in [-0.1, -0.05) is 12.1 Å². The van der Waals surface area contributed by atoms with Crippen LogP contribution in [-0.4, -0.2) is 35.2 Å². The van der Waals surface area contributed by atoms with Gasteiger partial charge in [0.1, 0.15) is 0 Å². The maximum atomic E-state index is 11.8. The zero-order valence-corrected chi connectivity index (χ0v) is 10.2. The molecule has 2 heterocycles. The number of aromatic nitrogens is 2. The molecule has 0 saturated carbocycles. The van der Waals surface area contributed by atoms with E-state index in [0.29, 0.717) is 30.6 Å². The SMILES string of the molecule is Cc1noc(CCNC(=O)C2NCCC2C)n1. The monoisotopic (exact) mass is 238 g/mol. The van der Waals surface area contributed by atoms with E-state index in [1.54, 1.807) is 6.92 Å². The number of rotatable bonds is 4. The lowest BCUT2D eigenvalue weighted by Gasteiger charge is -2.14. The third-order valence-corrected chi connectivity index (χ3v) is 3.02. The largest absolute Gasteiger partial charge is 0.354 e. The van der Waals surface area contributed by atoms with Crippen LogP contribution in [0.25, 0.3) is 0 Å². The zero-order valence-electron chi connectivity index (χ0n) is 10.2. The highest BCUT2D eigenvalue weighted by molar-refractivity contribution is 5.82. The Morgan fingerprint density at radius 1 is 1.65 bits per heavy atom. The summed E-state index contributed by atoms with van der Waals surface area (Å²) in [5.74, 6) is 1.65. The topological polar surface area (TPSA) is 80.0 Å². The minimum absolute atomic E-state index is 0.0561. The van der Waals surface area contributed by atoms with E-state index in [9.17, 15) is 4.79 Å². The van der Waals surface area contributed by atoms with Crippen molar-refractivity contribution in [1.82, 2.24) is 20.8 Å². The third-order valence-electron chi connectivity index (χ3n) is 3.02. The summed E-state index contributed by atoms with van der Waals surface area (Å²) in [5.41, 5.74) is 0. The second kappa shape index (κ2) is 5.27. The Morgan fingerprint density at radius 3 is 3.06 bits per heavy atom. The second-order valence-electron chi connectivity index (χ2n) is 4.47. The summed E-state index contributed by atoms with van der Waals surface area (Å²) in [6.07, 6.45) is 1.63. The fourth-order valence-electron chi connectivity index (χ4n) is 2.03. The van der Waals surface area contributed by atoms with Crippen LogP contribution in [0.4, 0.5) is 0 Å². The lowest BCUT2D eigenvalue weighted by atomic mass is 10.0. The van der Waals surface area contributed by atoms with Crippen LogP contribution in [0.1, 0.15) is 25.1 Å². The highest BCUT2D eigenvalue weighted by Crippen LogP contribution is 2.14. The molecule has 1 fully saturated rings. The minimum Gasteiger partial charge on any atom is -0.354 e. The zero-order chi connectivity index (χ0) is 12.3. The Kier molecular flexibility index (Phi) is 3.73. The molecule has 1 amide bonds. The molecule has 0 radical (unpaired) electrons. The molecular weight excluding hydrogens is 220 g/mol. The number of hydrogen-bond donors (Lipinski definition) is 2. The van der Waals surface area contributed by atoms with Gasteiger partial charge in [-0.25, -0.2) is 0 Å². The molecule has 2 unspecified atom stereocenters. The molecule has 0 aromatic carbocycles. The second-order valence-corrected chi connectivity index (χ2v) is 4.47. The van der Waals surface area contributed by atoms with Gasteiger partial charge in [-0.2, -0.15) is 4.98 Å². The van der Waals surface area contributed by atoms with Gasteiger partial charge < -0.3 is 15.2 Å². The molecule has 1 aromatic heterocycles. The first kappa shape index (κ1) is 12.0. The Morgan fingerprint density at radius 2 is 2.47 bits per heavy atom. The molecular formula is C11H18N4O2. The van der Waals surface area contributed by atoms with E-state index < -0.39 is 0 Å². The molecule has 17 heavy (non-hydrogen) atoms. The van der Waals surface area contributed by atoms with Crippen molar-refractivity contribution >= 4 is 5.91 Å². The van der Waals surface area contributed by atoms with Gasteiger partial charge in [-0.3, -0.25) is 4.79 Å². The van der Waals surface area contributed by atoms with E-state index in [1.807, 2.05) is 0 Å². The third kappa shape index (κ3) is 3.03. The van der Waals surface area contributed by atoms with Gasteiger partial charge in [-0.05, 0) is 25.8 Å². The van der Waals surface area contributed by atoms with Crippen molar-refractivity contribution in [2.75, 3.05) is 13.1 Å². The van der Waals surface area contributed by atoms with E-state index >= 15 is 0 Å². The number of aryl methyl sites for hydroxylation is 1. The molecule has 0 aliphatic carbocycles. The summed E-state index contributed by atoms with van der Waals surface area (Å²) in [7, 11) is 0. The summed E-state index contributed by atoms with van der Waals surface area (Å²) in [5, 5.41) is 9.77.